The molecule has 5 heteroatoms. The summed E-state index contributed by atoms with van der Waals surface area (Å²) in [5.74, 6) is -0.476. The Morgan fingerprint density at radius 3 is 2.46 bits per heavy atom. The van der Waals surface area contributed by atoms with Gasteiger partial charge in [0.15, 0.2) is 11.6 Å². The van der Waals surface area contributed by atoms with Crippen molar-refractivity contribution in [2.75, 3.05) is 40.8 Å². The molecule has 0 aromatic heterocycles. The third-order valence-corrected chi connectivity index (χ3v) is 5.81. The van der Waals surface area contributed by atoms with Gasteiger partial charge in [0.2, 0.25) is 0 Å². The molecule has 0 spiro atoms. The van der Waals surface area contributed by atoms with Crippen LogP contribution in [0.15, 0.2) is 47.7 Å². The average molecular weight is 383 g/mol. The van der Waals surface area contributed by atoms with E-state index < -0.39 is 5.92 Å². The molecule has 0 heterocycles. The van der Waals surface area contributed by atoms with Gasteiger partial charge in [-0.25, -0.2) is 0 Å². The fourth-order valence-electron chi connectivity index (χ4n) is 4.41. The van der Waals surface area contributed by atoms with E-state index in [0.29, 0.717) is 16.7 Å². The Labute approximate surface area is 168 Å². The van der Waals surface area contributed by atoms with Gasteiger partial charge in [-0.15, -0.1) is 0 Å². The molecule has 1 aromatic rings. The lowest BCUT2D eigenvalue weighted by Crippen LogP contribution is -2.48. The molecule has 2 N–H and O–H groups in total. The number of likely N-dealkylation sites (N-methyl/N-ethyl adjacent to an activating group) is 1. The van der Waals surface area contributed by atoms with E-state index in [1.54, 1.807) is 19.2 Å². The molecule has 0 saturated carbocycles. The first-order valence-electron chi connectivity index (χ1n) is 10.2. The van der Waals surface area contributed by atoms with Gasteiger partial charge in [-0.05, 0) is 12.5 Å². The predicted molar refractivity (Wildman–Crippen MR) is 112 cm³/mol. The SMILES string of the molecule is CCC[N+](C)(C)CCCNC1C=CC(NC)=C2C(=O)c3ccccc3C(=O)C21. The quantitative estimate of drug-likeness (QED) is 0.536. The predicted octanol–water partition coefficient (Wildman–Crippen LogP) is 2.56. The van der Waals surface area contributed by atoms with E-state index in [9.17, 15) is 9.59 Å². The maximum atomic E-state index is 13.3. The van der Waals surface area contributed by atoms with E-state index in [-0.39, 0.29) is 17.6 Å². The number of quaternary nitrogens is 1. The van der Waals surface area contributed by atoms with Crippen LogP contribution in [0.3, 0.4) is 0 Å². The van der Waals surface area contributed by atoms with Gasteiger partial charge >= 0.3 is 0 Å². The zero-order valence-corrected chi connectivity index (χ0v) is 17.4. The second-order valence-corrected chi connectivity index (χ2v) is 8.37. The molecule has 150 valence electrons. The average Bonchev–Trinajstić information content (AvgIpc) is 2.68. The second-order valence-electron chi connectivity index (χ2n) is 8.37. The molecule has 0 fully saturated rings. The molecule has 3 rings (SSSR count). The topological polar surface area (TPSA) is 58.2 Å². The van der Waals surface area contributed by atoms with Crippen LogP contribution in [0.2, 0.25) is 0 Å². The summed E-state index contributed by atoms with van der Waals surface area (Å²) in [6.07, 6.45) is 6.15. The monoisotopic (exact) mass is 382 g/mol. The van der Waals surface area contributed by atoms with Crippen LogP contribution in [0, 0.1) is 5.92 Å². The van der Waals surface area contributed by atoms with Crippen molar-refractivity contribution in [3.8, 4) is 0 Å². The Morgan fingerprint density at radius 2 is 1.79 bits per heavy atom. The molecular weight excluding hydrogens is 350 g/mol. The number of ketones is 2. The third kappa shape index (κ3) is 3.96. The highest BCUT2D eigenvalue weighted by Gasteiger charge is 2.43. The Bertz CT molecular complexity index is 823. The standard InChI is InChI=1S/C23H31N3O2/c1-5-14-26(3,4)15-8-13-25-19-12-11-18(24-2)20-21(19)23(28)17-10-7-6-9-16(17)22(20)27/h6-7,9-12,19,21,25H,5,8,13-15H2,1-4H3/p+1. The van der Waals surface area contributed by atoms with Gasteiger partial charge in [-0.3, -0.25) is 9.59 Å². The molecule has 0 amide bonds. The van der Waals surface area contributed by atoms with Gasteiger partial charge in [0.05, 0.1) is 33.1 Å². The maximum absolute atomic E-state index is 13.3. The molecular formula is C23H32N3O2+. The van der Waals surface area contributed by atoms with Crippen molar-refractivity contribution < 1.29 is 14.1 Å². The summed E-state index contributed by atoms with van der Waals surface area (Å²) in [7, 11) is 6.30. The van der Waals surface area contributed by atoms with Crippen molar-refractivity contribution in [3.05, 3.63) is 58.8 Å². The highest BCUT2D eigenvalue weighted by molar-refractivity contribution is 6.24. The fourth-order valence-corrected chi connectivity index (χ4v) is 4.41. The van der Waals surface area contributed by atoms with Gasteiger partial charge in [-0.2, -0.15) is 0 Å². The molecule has 28 heavy (non-hydrogen) atoms. The van der Waals surface area contributed by atoms with Gasteiger partial charge in [0.1, 0.15) is 0 Å². The van der Waals surface area contributed by atoms with E-state index in [4.69, 9.17) is 0 Å². The number of nitrogens with one attached hydrogen (secondary N) is 2. The van der Waals surface area contributed by atoms with E-state index >= 15 is 0 Å². The number of nitrogens with zero attached hydrogens (tertiary/aromatic N) is 1. The minimum Gasteiger partial charge on any atom is -0.388 e. The summed E-state index contributed by atoms with van der Waals surface area (Å²) in [6, 6.07) is 7.01. The molecule has 5 nitrogen and oxygen atoms in total. The molecule has 0 aliphatic heterocycles. The number of Topliss-reactive ketones (excluding diaryl/α,β-unsaturated/α-hetero) is 2. The van der Waals surface area contributed by atoms with Crippen LogP contribution in [0.25, 0.3) is 0 Å². The minimum atomic E-state index is -0.465. The number of allylic oxidation sites excluding steroid dienone is 1. The van der Waals surface area contributed by atoms with E-state index in [1.165, 1.54) is 6.42 Å². The summed E-state index contributed by atoms with van der Waals surface area (Å²) in [6.45, 7) is 5.28. The number of rotatable bonds is 8. The first-order chi connectivity index (χ1) is 13.4. The second kappa shape index (κ2) is 8.41. The zero-order chi connectivity index (χ0) is 20.3. The van der Waals surface area contributed by atoms with Crippen molar-refractivity contribution in [2.45, 2.75) is 25.8 Å². The first-order valence-corrected chi connectivity index (χ1v) is 10.2. The highest BCUT2D eigenvalue weighted by atomic mass is 16.1. The van der Waals surface area contributed by atoms with Crippen molar-refractivity contribution in [3.63, 3.8) is 0 Å². The third-order valence-electron chi connectivity index (χ3n) is 5.81. The van der Waals surface area contributed by atoms with Gasteiger partial charge in [-0.1, -0.05) is 37.3 Å². The fraction of sp³-hybridized carbons (Fsp3) is 0.478. The molecule has 2 atom stereocenters. The summed E-state index contributed by atoms with van der Waals surface area (Å²) < 4.78 is 1.00. The van der Waals surface area contributed by atoms with E-state index in [0.717, 1.165) is 36.2 Å². The van der Waals surface area contributed by atoms with Gasteiger partial charge in [0.25, 0.3) is 0 Å². The van der Waals surface area contributed by atoms with Crippen LogP contribution >= 0.6 is 0 Å². The van der Waals surface area contributed by atoms with Crippen LogP contribution in [-0.4, -0.2) is 62.9 Å². The van der Waals surface area contributed by atoms with Crippen LogP contribution < -0.4 is 10.6 Å². The lowest BCUT2D eigenvalue weighted by molar-refractivity contribution is -0.890. The smallest absolute Gasteiger partial charge is 0.192 e. The van der Waals surface area contributed by atoms with E-state index in [2.05, 4.69) is 31.7 Å². The normalized spacial score (nSPS) is 21.6. The number of carbonyl (C=O) groups excluding carboxylic acids is 2. The lowest BCUT2D eigenvalue weighted by atomic mass is 9.71. The molecule has 1 aromatic carbocycles. The molecule has 0 bridgehead atoms. The maximum Gasteiger partial charge on any atom is 0.192 e. The summed E-state index contributed by atoms with van der Waals surface area (Å²) >= 11 is 0. The van der Waals surface area contributed by atoms with Crippen molar-refractivity contribution in [1.82, 2.24) is 10.6 Å². The summed E-state index contributed by atoms with van der Waals surface area (Å²) in [5.41, 5.74) is 2.39. The van der Waals surface area contributed by atoms with Crippen molar-refractivity contribution in [1.29, 1.82) is 0 Å². The minimum absolute atomic E-state index is 0.0295. The Kier molecular flexibility index (Phi) is 6.16. The Morgan fingerprint density at radius 1 is 1.07 bits per heavy atom. The lowest BCUT2D eigenvalue weighted by Gasteiger charge is -2.35. The molecule has 0 radical (unpaired) electrons. The van der Waals surface area contributed by atoms with Crippen LogP contribution in [-0.2, 0) is 0 Å². The van der Waals surface area contributed by atoms with Crippen LogP contribution in [0.5, 0.6) is 0 Å². The zero-order valence-electron chi connectivity index (χ0n) is 17.4. The number of benzene rings is 1. The molecule has 2 aliphatic rings. The van der Waals surface area contributed by atoms with E-state index in [1.807, 2.05) is 24.3 Å². The van der Waals surface area contributed by atoms with Crippen molar-refractivity contribution in [2.24, 2.45) is 5.92 Å². The Hall–Kier alpha value is -2.24. The van der Waals surface area contributed by atoms with Crippen LogP contribution in [0.4, 0.5) is 0 Å². The largest absolute Gasteiger partial charge is 0.388 e. The number of carbonyl (C=O) groups is 2. The number of fused-ring (bicyclic) bond motifs is 2. The summed E-state index contributed by atoms with van der Waals surface area (Å²) in [5, 5.41) is 6.63. The molecule has 0 saturated heterocycles. The number of hydrogen-bond donors (Lipinski definition) is 2. The Balaban J connectivity index is 1.78. The van der Waals surface area contributed by atoms with Crippen LogP contribution in [0.1, 0.15) is 40.5 Å². The van der Waals surface area contributed by atoms with Gasteiger partial charge in [0, 0.05) is 48.5 Å². The molecule has 2 aliphatic carbocycles. The van der Waals surface area contributed by atoms with Gasteiger partial charge < -0.3 is 15.1 Å². The highest BCUT2D eigenvalue weighted by Crippen LogP contribution is 2.36. The van der Waals surface area contributed by atoms with Crippen molar-refractivity contribution >= 4 is 11.6 Å². The number of hydrogen-bond acceptors (Lipinski definition) is 4. The first kappa shape index (κ1) is 20.5. The molecule has 2 unspecified atom stereocenters. The summed E-state index contributed by atoms with van der Waals surface area (Å²) in [4.78, 5) is 26.4.